The van der Waals surface area contributed by atoms with Gasteiger partial charge in [0, 0.05) is 24.1 Å². The zero-order valence-electron chi connectivity index (χ0n) is 19.3. The molecule has 1 atom stereocenters. The van der Waals surface area contributed by atoms with E-state index in [0.717, 1.165) is 16.8 Å². The van der Waals surface area contributed by atoms with Crippen molar-refractivity contribution in [1.29, 1.82) is 0 Å². The Kier molecular flexibility index (Phi) is 7.80. The molecule has 0 aliphatic carbocycles. The normalized spacial score (nSPS) is 11.4. The fraction of sp³-hybridized carbons (Fsp3) is 0.261. The molecule has 178 valence electrons. The number of hydrazine groups is 1. The zero-order chi connectivity index (χ0) is 24.7. The van der Waals surface area contributed by atoms with Crippen molar-refractivity contribution in [3.8, 4) is 0 Å². The second-order valence-electron chi connectivity index (χ2n) is 7.75. The van der Waals surface area contributed by atoms with Crippen LogP contribution in [-0.4, -0.2) is 26.5 Å². The van der Waals surface area contributed by atoms with Gasteiger partial charge in [-0.05, 0) is 38.0 Å². The molecule has 11 nitrogen and oxygen atoms in total. The highest BCUT2D eigenvalue weighted by Crippen LogP contribution is 2.10. The first-order chi connectivity index (χ1) is 16.2. The highest BCUT2D eigenvalue weighted by Gasteiger charge is 2.14. The van der Waals surface area contributed by atoms with E-state index in [2.05, 4.69) is 31.5 Å². The topological polar surface area (TPSA) is 156 Å². The number of hydrogen-bond acceptors (Lipinski definition) is 7. The molecule has 6 N–H and O–H groups in total. The van der Waals surface area contributed by atoms with Crippen LogP contribution in [0, 0.1) is 13.8 Å². The number of anilines is 2. The maximum absolute atomic E-state index is 12.8. The molecule has 0 spiro atoms. The first-order valence-electron chi connectivity index (χ1n) is 10.7. The van der Waals surface area contributed by atoms with Gasteiger partial charge in [0.15, 0.2) is 0 Å². The predicted octanol–water partition coefficient (Wildman–Crippen LogP) is 1.54. The number of nitrogens with two attached hydrogens (primary N) is 1. The third-order valence-electron chi connectivity index (χ3n) is 5.19. The number of nitrogens with one attached hydrogen (secondary N) is 4. The smallest absolute Gasteiger partial charge is 0.333 e. The molecule has 2 aromatic heterocycles. The molecule has 0 bridgehead atoms. The standard InChI is InChI=1S/C23H28N8O3/c1-14-11-26-21(29-30-23(34)28-15(2)17-7-5-4-6-8-17)22(33)31(14)13-20(32)25-12-18-9-10-19(24)27-16(18)3/h4-11,15H,12-13H2,1-3H3,(H2,24,27)(H,25,32)(H,26,29)(H2,28,30,34)/t15-/m1/s1. The third kappa shape index (κ3) is 6.31. The van der Waals surface area contributed by atoms with E-state index in [0.29, 0.717) is 11.5 Å². The number of carbonyl (C=O) groups is 2. The van der Waals surface area contributed by atoms with E-state index >= 15 is 0 Å². The van der Waals surface area contributed by atoms with E-state index in [9.17, 15) is 14.4 Å². The van der Waals surface area contributed by atoms with Crippen molar-refractivity contribution < 1.29 is 9.59 Å². The summed E-state index contributed by atoms with van der Waals surface area (Å²) in [6.07, 6.45) is 1.44. The Hall–Kier alpha value is -4.41. The Bertz CT molecular complexity index is 1230. The van der Waals surface area contributed by atoms with Crippen LogP contribution in [0.15, 0.2) is 53.5 Å². The Morgan fingerprint density at radius 1 is 1.12 bits per heavy atom. The summed E-state index contributed by atoms with van der Waals surface area (Å²) in [6, 6.07) is 12.1. The average Bonchev–Trinajstić information content (AvgIpc) is 2.81. The molecule has 3 aromatic rings. The van der Waals surface area contributed by atoms with Crippen LogP contribution in [0.2, 0.25) is 0 Å². The summed E-state index contributed by atoms with van der Waals surface area (Å²) in [5.74, 6) is -0.0659. The number of rotatable bonds is 8. The molecule has 0 fully saturated rings. The average molecular weight is 465 g/mol. The number of pyridine rings is 1. The fourth-order valence-corrected chi connectivity index (χ4v) is 3.22. The monoisotopic (exact) mass is 464 g/mol. The molecule has 2 heterocycles. The number of amides is 3. The number of carbonyl (C=O) groups excluding carboxylic acids is 2. The van der Waals surface area contributed by atoms with E-state index in [1.807, 2.05) is 37.3 Å². The molecule has 11 heteroatoms. The predicted molar refractivity (Wildman–Crippen MR) is 129 cm³/mol. The number of nitrogens with zero attached hydrogens (tertiary/aromatic N) is 3. The van der Waals surface area contributed by atoms with Gasteiger partial charge in [-0.2, -0.15) is 0 Å². The van der Waals surface area contributed by atoms with E-state index in [1.165, 1.54) is 10.8 Å². The summed E-state index contributed by atoms with van der Waals surface area (Å²) in [5.41, 5.74) is 13.0. The number of nitrogen functional groups attached to an aromatic ring is 1. The van der Waals surface area contributed by atoms with Crippen LogP contribution in [-0.2, 0) is 17.9 Å². The molecule has 0 radical (unpaired) electrons. The van der Waals surface area contributed by atoms with Crippen LogP contribution in [0.4, 0.5) is 16.4 Å². The van der Waals surface area contributed by atoms with E-state index < -0.39 is 11.6 Å². The minimum atomic E-state index is -0.545. The summed E-state index contributed by atoms with van der Waals surface area (Å²) in [6.45, 7) is 5.36. The number of benzene rings is 1. The maximum Gasteiger partial charge on any atom is 0.333 e. The lowest BCUT2D eigenvalue weighted by Crippen LogP contribution is -2.42. The number of hydrogen-bond donors (Lipinski definition) is 5. The van der Waals surface area contributed by atoms with Gasteiger partial charge < -0.3 is 16.4 Å². The lowest BCUT2D eigenvalue weighted by Gasteiger charge is -2.16. The maximum atomic E-state index is 12.8. The van der Waals surface area contributed by atoms with Gasteiger partial charge in [0.05, 0.1) is 6.04 Å². The Morgan fingerprint density at radius 2 is 1.85 bits per heavy atom. The minimum absolute atomic E-state index is 0.112. The minimum Gasteiger partial charge on any atom is -0.384 e. The Balaban J connectivity index is 1.58. The molecule has 0 aliphatic heterocycles. The largest absolute Gasteiger partial charge is 0.384 e. The van der Waals surface area contributed by atoms with Crippen molar-refractivity contribution in [1.82, 2.24) is 30.6 Å². The van der Waals surface area contributed by atoms with Crippen LogP contribution in [0.3, 0.4) is 0 Å². The first-order valence-corrected chi connectivity index (χ1v) is 10.7. The van der Waals surface area contributed by atoms with Gasteiger partial charge >= 0.3 is 6.03 Å². The Labute approximate surface area is 196 Å². The second-order valence-corrected chi connectivity index (χ2v) is 7.75. The number of aromatic nitrogens is 3. The van der Waals surface area contributed by atoms with Crippen molar-refractivity contribution in [3.05, 3.63) is 81.5 Å². The van der Waals surface area contributed by atoms with Crippen molar-refractivity contribution in [2.24, 2.45) is 0 Å². The fourth-order valence-electron chi connectivity index (χ4n) is 3.22. The van der Waals surface area contributed by atoms with Gasteiger partial charge in [-0.1, -0.05) is 36.4 Å². The van der Waals surface area contributed by atoms with E-state index in [1.54, 1.807) is 26.0 Å². The van der Waals surface area contributed by atoms with Gasteiger partial charge in [-0.15, -0.1) is 0 Å². The third-order valence-corrected chi connectivity index (χ3v) is 5.19. The SMILES string of the molecule is Cc1nc(N)ccc1CNC(=O)Cn1c(C)cnc(NNC(=O)N[C@H](C)c2ccccc2)c1=O. The van der Waals surface area contributed by atoms with E-state index in [4.69, 9.17) is 5.73 Å². The highest BCUT2D eigenvalue weighted by atomic mass is 16.2. The summed E-state index contributed by atoms with van der Waals surface area (Å²) >= 11 is 0. The zero-order valence-corrected chi connectivity index (χ0v) is 19.3. The summed E-state index contributed by atoms with van der Waals surface area (Å²) in [7, 11) is 0. The molecule has 3 rings (SSSR count). The van der Waals surface area contributed by atoms with Crippen LogP contribution in [0.1, 0.15) is 35.5 Å². The van der Waals surface area contributed by atoms with Gasteiger partial charge in [-0.3, -0.25) is 25.0 Å². The summed E-state index contributed by atoms with van der Waals surface area (Å²) < 4.78 is 1.27. The molecule has 0 saturated carbocycles. The molecule has 0 unspecified atom stereocenters. The summed E-state index contributed by atoms with van der Waals surface area (Å²) in [4.78, 5) is 45.7. The van der Waals surface area contributed by atoms with Crippen LogP contribution < -0.4 is 32.8 Å². The van der Waals surface area contributed by atoms with Gasteiger partial charge in [0.2, 0.25) is 11.7 Å². The van der Waals surface area contributed by atoms with Gasteiger partial charge in [-0.25, -0.2) is 14.8 Å². The number of aryl methyl sites for hydroxylation is 2. The van der Waals surface area contributed by atoms with Crippen LogP contribution in [0.5, 0.6) is 0 Å². The van der Waals surface area contributed by atoms with Gasteiger partial charge in [0.25, 0.3) is 5.56 Å². The lowest BCUT2D eigenvalue weighted by atomic mass is 10.1. The number of urea groups is 1. The van der Waals surface area contributed by atoms with E-state index in [-0.39, 0.29) is 30.9 Å². The van der Waals surface area contributed by atoms with Crippen LogP contribution in [0.25, 0.3) is 0 Å². The Morgan fingerprint density at radius 3 is 2.56 bits per heavy atom. The first kappa shape index (κ1) is 24.2. The second kappa shape index (κ2) is 10.9. The van der Waals surface area contributed by atoms with Crippen molar-refractivity contribution in [3.63, 3.8) is 0 Å². The molecule has 3 amide bonds. The molecule has 1 aromatic carbocycles. The van der Waals surface area contributed by atoms with Gasteiger partial charge in [0.1, 0.15) is 12.4 Å². The van der Waals surface area contributed by atoms with Crippen molar-refractivity contribution in [2.45, 2.75) is 39.9 Å². The summed E-state index contributed by atoms with van der Waals surface area (Å²) in [5, 5.41) is 5.53. The molecule has 34 heavy (non-hydrogen) atoms. The molecule has 0 aliphatic rings. The molecular formula is C23H28N8O3. The quantitative estimate of drug-likeness (QED) is 0.317. The molecule has 0 saturated heterocycles. The molecular weight excluding hydrogens is 436 g/mol. The van der Waals surface area contributed by atoms with Crippen molar-refractivity contribution >= 4 is 23.6 Å². The van der Waals surface area contributed by atoms with Crippen molar-refractivity contribution in [2.75, 3.05) is 11.2 Å². The highest BCUT2D eigenvalue weighted by molar-refractivity contribution is 5.76. The van der Waals surface area contributed by atoms with Crippen LogP contribution >= 0.6 is 0 Å². The lowest BCUT2D eigenvalue weighted by molar-refractivity contribution is -0.121.